The Kier molecular flexibility index (Phi) is 23.4. The first kappa shape index (κ1) is 73.3. The summed E-state index contributed by atoms with van der Waals surface area (Å²) in [6.45, 7) is 0. The first-order valence-electron chi connectivity index (χ1n) is 28.3. The van der Waals surface area contributed by atoms with Gasteiger partial charge in [0.1, 0.15) is 29.4 Å². The highest BCUT2D eigenvalue weighted by atomic mass is 35.5. The molecule has 2 aliphatic rings. The first-order chi connectivity index (χ1) is 45.1. The molecular weight excluding hydrogens is 1390 g/mol. The summed E-state index contributed by atoms with van der Waals surface area (Å²) < 4.78 is 196. The fourth-order valence-corrected chi connectivity index (χ4v) is 14.6. The average Bonchev–Trinajstić information content (AvgIpc) is 0.839. The zero-order valence-corrected chi connectivity index (χ0v) is 56.3. The Morgan fingerprint density at radius 3 is 0.833 bits per heavy atom. The second kappa shape index (κ2) is 30.7. The fraction of sp³-hybridized carbons (Fsp3) is 0.0571. The molecule has 0 spiro atoms. The Morgan fingerprint density at radius 2 is 0.562 bits per heavy atom. The van der Waals surface area contributed by atoms with Crippen molar-refractivity contribution in [2.24, 2.45) is 10.8 Å². The quantitative estimate of drug-likeness (QED) is 0.0343. The van der Waals surface area contributed by atoms with E-state index in [1.807, 2.05) is 103 Å². The van der Waals surface area contributed by atoms with Gasteiger partial charge in [-0.05, 0) is 117 Å². The van der Waals surface area contributed by atoms with Crippen molar-refractivity contribution in [3.05, 3.63) is 309 Å². The van der Waals surface area contributed by atoms with E-state index in [1.54, 1.807) is 85.0 Å². The fourth-order valence-electron chi connectivity index (χ4n) is 9.86. The number of hydrogen-bond acceptors (Lipinski definition) is 12. The van der Waals surface area contributed by atoms with Crippen molar-refractivity contribution >= 4 is 132 Å². The van der Waals surface area contributed by atoms with Crippen LogP contribution in [-0.4, -0.2) is 77.8 Å². The molecule has 0 saturated heterocycles. The Balaban J connectivity index is 0.000000191. The normalized spacial score (nSPS) is 17.1. The predicted molar refractivity (Wildman–Crippen MR) is 374 cm³/mol. The van der Waals surface area contributed by atoms with Gasteiger partial charge in [0.25, 0.3) is 60.7 Å². The molecule has 96 heavy (non-hydrogen) atoms. The maximum atomic E-state index is 11.8. The smallest absolute Gasteiger partial charge is 0.282 e. The monoisotopic (exact) mass is 1450 g/mol. The van der Waals surface area contributed by atoms with Gasteiger partial charge in [-0.15, -0.1) is 0 Å². The highest BCUT2D eigenvalue weighted by Gasteiger charge is 2.27. The summed E-state index contributed by atoms with van der Waals surface area (Å²) in [5.74, 6) is 0. The molecule has 10 rings (SSSR count). The van der Waals surface area contributed by atoms with E-state index in [-0.39, 0.29) is 40.8 Å². The Bertz CT molecular complexity index is 5000. The van der Waals surface area contributed by atoms with Crippen molar-refractivity contribution in [3.8, 4) is 0 Å². The summed E-state index contributed by atoms with van der Waals surface area (Å²) in [6, 6.07) is 51.9. The van der Waals surface area contributed by atoms with Gasteiger partial charge in [0.05, 0.1) is 10.0 Å². The van der Waals surface area contributed by atoms with Gasteiger partial charge in [0.15, 0.2) is 0 Å². The van der Waals surface area contributed by atoms with Crippen LogP contribution >= 0.6 is 23.2 Å². The molecule has 2 aliphatic carbocycles. The molecule has 0 heterocycles. The summed E-state index contributed by atoms with van der Waals surface area (Å²) in [4.78, 5) is -1.80. The standard InChI is InChI=1S/C28H22Cl2O6S2.C28H24O6S2.C14H12O6S2/c29-24-8-6-20(18-26(24)37(31,32)33)10-14-28(16-12-23(13-17-28)22-4-2-1-3-5-22)15-11-21-7-9-25(30)27(19-21)38(34,35)36;29-35(30,31)26-12-6-4-10-24(26)16-20-28(18-14-23(15-19-28)22-8-2-1-3-9-22)21-17-25-11-5-7-13-27(25)36(32,33)34;15-21(16,17)13-7-3-1-5-11(13)9-10-12-6-2-4-8-14(12)22(18,19)20/h1-16,18-19H,17H2,(H,31,32,33)(H,34,35,36);1-18,20-21H,19H2,(H,29,30,31)(H,32,33,34);1-10H,(H,15,16,17)(H,18,19,20). The molecule has 496 valence electrons. The molecule has 26 heteroatoms. The molecule has 0 unspecified atom stereocenters. The van der Waals surface area contributed by atoms with Gasteiger partial charge >= 0.3 is 0 Å². The zero-order chi connectivity index (χ0) is 69.7. The van der Waals surface area contributed by atoms with E-state index in [2.05, 4.69) is 6.08 Å². The molecular formula is C70H58Cl2O18S6. The molecule has 0 amide bonds. The minimum absolute atomic E-state index is 0.0929. The molecule has 18 nitrogen and oxygen atoms in total. The van der Waals surface area contributed by atoms with Crippen LogP contribution in [0, 0.1) is 10.8 Å². The maximum absolute atomic E-state index is 11.8. The van der Waals surface area contributed by atoms with Gasteiger partial charge < -0.3 is 0 Å². The van der Waals surface area contributed by atoms with Crippen LogP contribution < -0.4 is 0 Å². The molecule has 0 saturated carbocycles. The molecule has 0 aromatic heterocycles. The van der Waals surface area contributed by atoms with E-state index < -0.39 is 81.3 Å². The van der Waals surface area contributed by atoms with Crippen LogP contribution in [-0.2, 0) is 60.7 Å². The second-order valence-corrected chi connectivity index (χ2v) is 30.6. The van der Waals surface area contributed by atoms with Gasteiger partial charge in [-0.1, -0.05) is 266 Å². The van der Waals surface area contributed by atoms with Crippen LogP contribution in [0.1, 0.15) is 57.3 Å². The summed E-state index contributed by atoms with van der Waals surface area (Å²) in [5, 5.41) is -0.186. The summed E-state index contributed by atoms with van der Waals surface area (Å²) >= 11 is 11.9. The molecule has 8 aromatic carbocycles. The largest absolute Gasteiger partial charge is 0.296 e. The third-order valence-corrected chi connectivity index (χ3v) is 21.1. The molecule has 6 N–H and O–H groups in total. The summed E-state index contributed by atoms with van der Waals surface area (Å²) in [7, 11) is -26.6. The average molecular weight is 1450 g/mol. The lowest BCUT2D eigenvalue weighted by molar-refractivity contribution is 0.480. The highest BCUT2D eigenvalue weighted by molar-refractivity contribution is 7.87. The molecule has 0 bridgehead atoms. The third-order valence-electron chi connectivity index (χ3n) is 14.7. The Hall–Kier alpha value is -8.54. The van der Waals surface area contributed by atoms with Gasteiger partial charge in [0, 0.05) is 10.8 Å². The summed E-state index contributed by atoms with van der Waals surface area (Å²) in [6.07, 6.45) is 29.7. The van der Waals surface area contributed by atoms with E-state index >= 15 is 0 Å². The Morgan fingerprint density at radius 1 is 0.302 bits per heavy atom. The van der Waals surface area contributed by atoms with Gasteiger partial charge in [-0.2, -0.15) is 50.5 Å². The number of allylic oxidation sites excluding steroid dienone is 12. The molecule has 0 radical (unpaired) electrons. The zero-order valence-electron chi connectivity index (χ0n) is 49.9. The van der Waals surface area contributed by atoms with Crippen LogP contribution in [0.15, 0.2) is 284 Å². The van der Waals surface area contributed by atoms with Gasteiger partial charge in [-0.25, -0.2) is 0 Å². The van der Waals surface area contributed by atoms with Gasteiger partial charge in [-0.3, -0.25) is 27.3 Å². The number of benzene rings is 8. The maximum Gasteiger partial charge on any atom is 0.296 e. The first-order valence-corrected chi connectivity index (χ1v) is 37.7. The van der Waals surface area contributed by atoms with Crippen LogP contribution in [0.3, 0.4) is 0 Å². The van der Waals surface area contributed by atoms with Crippen molar-refractivity contribution < 1.29 is 77.8 Å². The van der Waals surface area contributed by atoms with Crippen molar-refractivity contribution in [2.45, 2.75) is 42.2 Å². The number of halogens is 2. The van der Waals surface area contributed by atoms with E-state index in [0.29, 0.717) is 35.1 Å². The molecule has 0 fully saturated rings. The van der Waals surface area contributed by atoms with E-state index in [1.165, 1.54) is 97.1 Å². The topological polar surface area (TPSA) is 326 Å². The van der Waals surface area contributed by atoms with Gasteiger partial charge in [0.2, 0.25) is 0 Å². The van der Waals surface area contributed by atoms with Crippen molar-refractivity contribution in [1.29, 1.82) is 0 Å². The highest BCUT2D eigenvalue weighted by Crippen LogP contribution is 2.40. The van der Waals surface area contributed by atoms with Crippen molar-refractivity contribution in [3.63, 3.8) is 0 Å². The predicted octanol–water partition coefficient (Wildman–Crippen LogP) is 15.5. The second-order valence-electron chi connectivity index (χ2n) is 21.4. The van der Waals surface area contributed by atoms with Crippen molar-refractivity contribution in [1.82, 2.24) is 0 Å². The van der Waals surface area contributed by atoms with Crippen LogP contribution in [0.4, 0.5) is 0 Å². The Labute approximate surface area is 567 Å². The number of rotatable bonds is 18. The molecule has 0 aliphatic heterocycles. The van der Waals surface area contributed by atoms with Crippen molar-refractivity contribution in [2.75, 3.05) is 0 Å². The minimum Gasteiger partial charge on any atom is -0.282 e. The van der Waals surface area contributed by atoms with E-state index in [0.717, 1.165) is 22.3 Å². The third kappa shape index (κ3) is 20.0. The minimum atomic E-state index is -4.50. The van der Waals surface area contributed by atoms with Crippen LogP contribution in [0.25, 0.3) is 47.6 Å². The molecule has 8 aromatic rings. The van der Waals surface area contributed by atoms with Crippen LogP contribution in [0.2, 0.25) is 10.0 Å². The van der Waals surface area contributed by atoms with Crippen LogP contribution in [0.5, 0.6) is 0 Å². The lowest BCUT2D eigenvalue weighted by Crippen LogP contribution is -2.13. The lowest BCUT2D eigenvalue weighted by Gasteiger charge is -2.26. The van der Waals surface area contributed by atoms with E-state index in [9.17, 15) is 68.7 Å². The molecule has 0 atom stereocenters. The summed E-state index contributed by atoms with van der Waals surface area (Å²) in [5.41, 5.74) is 4.75. The SMILES string of the molecule is O=S(=O)(O)c1cc(C=CC2(C=Cc3ccc(Cl)c(S(=O)(=O)O)c3)C=CC(c3ccccc3)=CC2)ccc1Cl.O=S(=O)(O)c1ccccc1C=CC1(C=Cc2ccccc2S(=O)(=O)O)C=CC(c2ccccc2)=CC1.O=S(=O)(O)c1ccccc1C=Cc1ccccc1S(=O)(=O)O. The number of hydrogen-bond donors (Lipinski definition) is 6. The lowest BCUT2D eigenvalue weighted by atomic mass is 9.78. The van der Waals surface area contributed by atoms with E-state index in [4.69, 9.17) is 32.3 Å².